The Labute approximate surface area is 174 Å². The zero-order chi connectivity index (χ0) is 22.3. The highest BCUT2D eigenvalue weighted by atomic mass is 16.4. The highest BCUT2D eigenvalue weighted by molar-refractivity contribution is 6.13. The van der Waals surface area contributed by atoms with Gasteiger partial charge in [0.15, 0.2) is 5.84 Å². The Kier molecular flexibility index (Phi) is 8.72. The molecule has 2 unspecified atom stereocenters. The minimum Gasteiger partial charge on any atom is -0.480 e. The van der Waals surface area contributed by atoms with Crippen LogP contribution in [0.3, 0.4) is 0 Å². The number of hydrogen-bond acceptors (Lipinski definition) is 8. The minimum atomic E-state index is -1.07. The van der Waals surface area contributed by atoms with Crippen molar-refractivity contribution in [2.75, 3.05) is 19.6 Å². The molecule has 9 N–H and O–H groups in total. The van der Waals surface area contributed by atoms with Crippen molar-refractivity contribution in [3.63, 3.8) is 0 Å². The second kappa shape index (κ2) is 11.0. The molecule has 0 radical (unpaired) electrons. The molecule has 30 heavy (non-hydrogen) atoms. The second-order valence-electron chi connectivity index (χ2n) is 7.38. The van der Waals surface area contributed by atoms with E-state index in [4.69, 9.17) is 21.7 Å². The van der Waals surface area contributed by atoms with Crippen LogP contribution < -0.4 is 16.8 Å². The van der Waals surface area contributed by atoms with Crippen LogP contribution in [0.5, 0.6) is 0 Å². The molecule has 0 saturated carbocycles. The first-order chi connectivity index (χ1) is 14.2. The molecule has 2 aliphatic heterocycles. The van der Waals surface area contributed by atoms with Gasteiger partial charge in [-0.05, 0) is 38.2 Å². The molecule has 4 atom stereocenters. The molecule has 0 aliphatic carbocycles. The topological polar surface area (TPSA) is 207 Å². The van der Waals surface area contributed by atoms with Crippen molar-refractivity contribution >= 4 is 23.7 Å². The van der Waals surface area contributed by atoms with E-state index in [0.717, 1.165) is 0 Å². The van der Waals surface area contributed by atoms with Gasteiger partial charge in [0.25, 0.3) is 0 Å². The predicted molar refractivity (Wildman–Crippen MR) is 109 cm³/mol. The summed E-state index contributed by atoms with van der Waals surface area (Å²) in [7, 11) is 0. The fourth-order valence-electron chi connectivity index (χ4n) is 3.11. The average Bonchev–Trinajstić information content (AvgIpc) is 3.04. The molecule has 0 saturated heterocycles. The van der Waals surface area contributed by atoms with Gasteiger partial charge < -0.3 is 42.1 Å². The smallest absolute Gasteiger partial charge is 0.320 e. The number of nitrogens with two attached hydrogens (primary N) is 2. The van der Waals surface area contributed by atoms with Gasteiger partial charge in [0, 0.05) is 19.6 Å². The number of aliphatic hydroxyl groups is 2. The van der Waals surface area contributed by atoms with Gasteiger partial charge in [-0.1, -0.05) is 0 Å². The number of fused-ring (bicyclic) bond motifs is 1. The Morgan fingerprint density at radius 3 is 2.43 bits per heavy atom. The number of unbranched alkanes of at least 4 members (excludes halogenated alkanes) is 1. The molecule has 12 heteroatoms. The molecule has 12 nitrogen and oxygen atoms in total. The highest BCUT2D eigenvalue weighted by Crippen LogP contribution is 2.18. The third-order valence-electron chi connectivity index (χ3n) is 4.90. The van der Waals surface area contributed by atoms with Gasteiger partial charge >= 0.3 is 11.9 Å². The number of carboxylic acids is 2. The Balaban J connectivity index is 1.97. The molecule has 0 spiro atoms. The van der Waals surface area contributed by atoms with Crippen molar-refractivity contribution in [1.29, 1.82) is 0 Å². The number of nitrogens with zero attached hydrogens (tertiary/aromatic N) is 3. The van der Waals surface area contributed by atoms with E-state index in [1.54, 1.807) is 0 Å². The standard InChI is InChI=1S/C18H30N6O6/c19-10(16(27)28)4-1-2-7-24-9-14(26)13(25)8-12-15(24)23-18(22-12)21-6-3-5-11(20)17(29)30/h8,10-11,13-14,25-26H,1-7,9,19-20H2,(H,21,22)(H,27,28)(H,29,30)/t10-,11-,13?,14?/m0/s1. The van der Waals surface area contributed by atoms with Crippen molar-refractivity contribution in [1.82, 2.24) is 10.2 Å². The summed E-state index contributed by atoms with van der Waals surface area (Å²) in [6.45, 7) is 0.994. The van der Waals surface area contributed by atoms with Gasteiger partial charge in [-0.3, -0.25) is 14.6 Å². The zero-order valence-electron chi connectivity index (χ0n) is 16.6. The molecule has 2 heterocycles. The van der Waals surface area contributed by atoms with E-state index in [1.807, 2.05) is 4.90 Å². The van der Waals surface area contributed by atoms with Crippen molar-refractivity contribution in [3.8, 4) is 0 Å². The van der Waals surface area contributed by atoms with Crippen LogP contribution in [0.25, 0.3) is 0 Å². The minimum absolute atomic E-state index is 0.160. The summed E-state index contributed by atoms with van der Waals surface area (Å²) in [4.78, 5) is 32.1. The maximum atomic E-state index is 10.8. The third-order valence-corrected chi connectivity index (χ3v) is 4.90. The molecule has 0 aromatic rings. The van der Waals surface area contributed by atoms with Crippen LogP contribution in [0.1, 0.15) is 32.1 Å². The van der Waals surface area contributed by atoms with E-state index < -0.39 is 36.2 Å². The fourth-order valence-corrected chi connectivity index (χ4v) is 3.11. The van der Waals surface area contributed by atoms with Gasteiger partial charge in [0.2, 0.25) is 5.96 Å². The van der Waals surface area contributed by atoms with Gasteiger partial charge in [0.05, 0.1) is 5.70 Å². The van der Waals surface area contributed by atoms with Crippen LogP contribution in [0.15, 0.2) is 21.8 Å². The lowest BCUT2D eigenvalue weighted by Gasteiger charge is -2.25. The lowest BCUT2D eigenvalue weighted by atomic mass is 10.1. The average molecular weight is 426 g/mol. The predicted octanol–water partition coefficient (Wildman–Crippen LogP) is -1.96. The number of amidine groups is 1. The first-order valence-electron chi connectivity index (χ1n) is 9.89. The van der Waals surface area contributed by atoms with Crippen LogP contribution in [0.4, 0.5) is 0 Å². The first kappa shape index (κ1) is 23.7. The first-order valence-corrected chi connectivity index (χ1v) is 9.89. The molecule has 0 aromatic carbocycles. The maximum Gasteiger partial charge on any atom is 0.320 e. The van der Waals surface area contributed by atoms with Crippen molar-refractivity contribution in [2.24, 2.45) is 21.5 Å². The van der Waals surface area contributed by atoms with Gasteiger partial charge in [-0.15, -0.1) is 0 Å². The quantitative estimate of drug-likeness (QED) is 0.181. The molecular weight excluding hydrogens is 396 g/mol. The van der Waals surface area contributed by atoms with E-state index in [9.17, 15) is 19.8 Å². The Morgan fingerprint density at radius 2 is 1.80 bits per heavy atom. The molecule has 2 rings (SSSR count). The van der Waals surface area contributed by atoms with Gasteiger partial charge in [0.1, 0.15) is 24.3 Å². The summed E-state index contributed by atoms with van der Waals surface area (Å²) in [6, 6.07) is -1.83. The van der Waals surface area contributed by atoms with Gasteiger partial charge in [-0.25, -0.2) is 0 Å². The zero-order valence-corrected chi connectivity index (χ0v) is 16.6. The molecule has 168 valence electrons. The monoisotopic (exact) mass is 426 g/mol. The lowest BCUT2D eigenvalue weighted by molar-refractivity contribution is -0.139. The van der Waals surface area contributed by atoms with Crippen LogP contribution >= 0.6 is 0 Å². The molecule has 0 bridgehead atoms. The van der Waals surface area contributed by atoms with E-state index in [1.165, 1.54) is 6.08 Å². The number of hydrogen-bond donors (Lipinski definition) is 7. The number of carboxylic acid groups (broad SMARTS) is 2. The number of β-amino-alcohol motifs (C(OH)–C–C–N with tert-alkyl or cyclic N) is 1. The number of rotatable bonds is 11. The summed E-state index contributed by atoms with van der Waals surface area (Å²) in [5.74, 6) is -1.22. The van der Waals surface area contributed by atoms with Crippen LogP contribution in [0, 0.1) is 0 Å². The summed E-state index contributed by atoms with van der Waals surface area (Å²) in [5.41, 5.74) is 11.5. The molecule has 2 aliphatic rings. The summed E-state index contributed by atoms with van der Waals surface area (Å²) in [5, 5.41) is 40.9. The van der Waals surface area contributed by atoms with E-state index in [0.29, 0.717) is 62.7 Å². The molecule has 0 amide bonds. The Hall–Kier alpha value is -2.54. The van der Waals surface area contributed by atoms with Gasteiger partial charge in [-0.2, -0.15) is 4.99 Å². The summed E-state index contributed by atoms with van der Waals surface area (Å²) >= 11 is 0. The van der Waals surface area contributed by atoms with Crippen LogP contribution in [-0.4, -0.2) is 93.0 Å². The third kappa shape index (κ3) is 6.76. The fraction of sp³-hybridized carbons (Fsp3) is 0.667. The van der Waals surface area contributed by atoms with Crippen LogP contribution in [0.2, 0.25) is 0 Å². The number of aliphatic hydroxyl groups excluding tert-OH is 2. The van der Waals surface area contributed by atoms with E-state index in [-0.39, 0.29) is 6.54 Å². The Bertz CT molecular complexity index is 724. The largest absolute Gasteiger partial charge is 0.480 e. The number of aliphatic imine (C=N–C) groups is 2. The summed E-state index contributed by atoms with van der Waals surface area (Å²) < 4.78 is 0. The highest BCUT2D eigenvalue weighted by Gasteiger charge is 2.31. The SMILES string of the molecule is N[C@@H](CCCCN1CC(O)C(O)C=C2NC(=NCCC[C@H](N)C(=O)O)N=C21)C(=O)O. The van der Waals surface area contributed by atoms with Crippen molar-refractivity contribution in [2.45, 2.75) is 56.4 Å². The molecular formula is C18H30N6O6. The van der Waals surface area contributed by atoms with Crippen molar-refractivity contribution in [3.05, 3.63) is 11.8 Å². The number of guanidine groups is 1. The van der Waals surface area contributed by atoms with E-state index in [2.05, 4.69) is 15.3 Å². The lowest BCUT2D eigenvalue weighted by Crippen LogP contribution is -2.40. The molecule has 0 fully saturated rings. The second-order valence-corrected chi connectivity index (χ2v) is 7.38. The van der Waals surface area contributed by atoms with Crippen molar-refractivity contribution < 1.29 is 30.0 Å². The summed E-state index contributed by atoms with van der Waals surface area (Å²) in [6.07, 6.45) is 1.75. The number of carbonyl (C=O) groups is 2. The van der Waals surface area contributed by atoms with E-state index >= 15 is 0 Å². The maximum absolute atomic E-state index is 10.8. The Morgan fingerprint density at radius 1 is 1.17 bits per heavy atom. The number of nitrogens with one attached hydrogen (secondary N) is 1. The molecule has 0 aromatic heterocycles. The van der Waals surface area contributed by atoms with Crippen LogP contribution in [-0.2, 0) is 9.59 Å². The normalized spacial score (nSPS) is 24.4. The number of aliphatic carboxylic acids is 2.